The predicted octanol–water partition coefficient (Wildman–Crippen LogP) is 12.8. The summed E-state index contributed by atoms with van der Waals surface area (Å²) in [6.07, 6.45) is 12.4. The normalized spacial score (nSPS) is 15.7. The van der Waals surface area contributed by atoms with Crippen LogP contribution in [0.5, 0.6) is 0 Å². The molecule has 7 aromatic carbocycles. The molecular formula is C51H37N3. The Morgan fingerprint density at radius 3 is 1.78 bits per heavy atom. The summed E-state index contributed by atoms with van der Waals surface area (Å²) in [6.45, 7) is 0. The summed E-state index contributed by atoms with van der Waals surface area (Å²) >= 11 is 0. The van der Waals surface area contributed by atoms with Crippen molar-refractivity contribution in [3.63, 3.8) is 0 Å². The van der Waals surface area contributed by atoms with Crippen LogP contribution in [0.4, 0.5) is 0 Å². The molecule has 0 saturated heterocycles. The molecule has 2 aliphatic rings. The molecule has 1 aromatic heterocycles. The molecule has 1 aliphatic carbocycles. The second kappa shape index (κ2) is 13.6. The molecule has 0 radical (unpaired) electrons. The maximum atomic E-state index is 5.33. The van der Waals surface area contributed by atoms with Crippen molar-refractivity contribution in [3.05, 3.63) is 211 Å². The lowest BCUT2D eigenvalue weighted by Gasteiger charge is -2.27. The molecule has 10 rings (SSSR count). The summed E-state index contributed by atoms with van der Waals surface area (Å²) in [5.41, 5.74) is 12.0. The first-order chi connectivity index (χ1) is 26.8. The van der Waals surface area contributed by atoms with Crippen LogP contribution in [0.15, 0.2) is 199 Å². The first kappa shape index (κ1) is 31.9. The van der Waals surface area contributed by atoms with Gasteiger partial charge in [0.25, 0.3) is 0 Å². The van der Waals surface area contributed by atoms with Crippen LogP contribution in [0.1, 0.15) is 35.6 Å². The van der Waals surface area contributed by atoms with E-state index in [1.54, 1.807) is 0 Å². The van der Waals surface area contributed by atoms with E-state index in [0.29, 0.717) is 0 Å². The maximum absolute atomic E-state index is 5.33. The molecule has 1 N–H and O–H groups in total. The minimum Gasteiger partial charge on any atom is -0.359 e. The van der Waals surface area contributed by atoms with Crippen LogP contribution in [0, 0.1) is 0 Å². The average molecular weight is 692 g/mol. The third-order valence-corrected chi connectivity index (χ3v) is 10.9. The lowest BCUT2D eigenvalue weighted by molar-refractivity contribution is 0.774. The van der Waals surface area contributed by atoms with E-state index in [1.165, 1.54) is 65.7 Å². The number of nitrogens with one attached hydrogen (secondary N) is 1. The van der Waals surface area contributed by atoms with Gasteiger partial charge in [0, 0.05) is 18.0 Å². The number of benzene rings is 7. The van der Waals surface area contributed by atoms with E-state index in [4.69, 9.17) is 4.99 Å². The Kier molecular flexibility index (Phi) is 8.03. The third-order valence-electron chi connectivity index (χ3n) is 10.9. The first-order valence-electron chi connectivity index (χ1n) is 18.7. The number of nitrogens with zero attached hydrogens (tertiary/aromatic N) is 2. The fourth-order valence-electron chi connectivity index (χ4n) is 8.24. The van der Waals surface area contributed by atoms with Crippen molar-refractivity contribution in [3.8, 4) is 22.3 Å². The molecule has 256 valence electrons. The zero-order chi connectivity index (χ0) is 35.8. The Morgan fingerprint density at radius 1 is 0.481 bits per heavy atom. The molecule has 0 spiro atoms. The zero-order valence-corrected chi connectivity index (χ0v) is 29.8. The van der Waals surface area contributed by atoms with Gasteiger partial charge in [-0.1, -0.05) is 158 Å². The molecule has 2 heterocycles. The summed E-state index contributed by atoms with van der Waals surface area (Å²) in [6, 6.07) is 56.7. The molecule has 1 aliphatic heterocycles. The summed E-state index contributed by atoms with van der Waals surface area (Å²) < 4.78 is 0. The van der Waals surface area contributed by atoms with Crippen molar-refractivity contribution in [1.82, 2.24) is 10.3 Å². The standard InChI is InChI=1S/C51H37N3/c1-2-12-37(13-3-1)49-43-16-6-8-18-45(43)50(46-19-9-7-17-44(46)49)38-25-27-39(28-26-38)51-53-47(36-23-20-35(21-24-36)42-15-10-30-52-33-42)32-48(54-51)41-29-22-34-11-4-5-14-40(34)31-41/h1-25,27,29-33,47H,26,28H2,(H,53,54). The van der Waals surface area contributed by atoms with Gasteiger partial charge in [-0.25, -0.2) is 4.99 Å². The summed E-state index contributed by atoms with van der Waals surface area (Å²) in [7, 11) is 0. The molecule has 8 aromatic rings. The maximum Gasteiger partial charge on any atom is 0.130 e. The van der Waals surface area contributed by atoms with Crippen molar-refractivity contribution in [2.45, 2.75) is 18.9 Å². The second-order valence-corrected chi connectivity index (χ2v) is 14.2. The predicted molar refractivity (Wildman–Crippen MR) is 227 cm³/mol. The second-order valence-electron chi connectivity index (χ2n) is 14.2. The average Bonchev–Trinajstić information content (AvgIpc) is 3.26. The smallest absolute Gasteiger partial charge is 0.130 e. The Labute approximate surface area is 315 Å². The van der Waals surface area contributed by atoms with E-state index >= 15 is 0 Å². The molecule has 3 nitrogen and oxygen atoms in total. The third kappa shape index (κ3) is 5.81. The number of hydrogen-bond acceptors (Lipinski definition) is 3. The molecule has 1 atom stereocenters. The van der Waals surface area contributed by atoms with Crippen molar-refractivity contribution in [1.29, 1.82) is 0 Å². The van der Waals surface area contributed by atoms with E-state index in [9.17, 15) is 0 Å². The highest BCUT2D eigenvalue weighted by Gasteiger charge is 2.24. The van der Waals surface area contributed by atoms with Gasteiger partial charge < -0.3 is 5.32 Å². The number of fused-ring (bicyclic) bond motifs is 3. The molecule has 54 heavy (non-hydrogen) atoms. The SMILES string of the molecule is C1=C(C2=NC(c3ccc4ccccc4c3)=CC(c3ccc(-c4cccnc4)cc3)N2)CCC(c2c3ccccc3c(-c3ccccc3)c3ccccc23)=C1. The number of rotatable bonds is 6. The van der Waals surface area contributed by atoms with Crippen molar-refractivity contribution in [2.24, 2.45) is 4.99 Å². The Hall–Kier alpha value is -6.84. The van der Waals surface area contributed by atoms with Crippen LogP contribution in [-0.4, -0.2) is 10.8 Å². The number of pyridine rings is 1. The summed E-state index contributed by atoms with van der Waals surface area (Å²) in [5, 5.41) is 11.4. The van der Waals surface area contributed by atoms with Crippen LogP contribution in [0.2, 0.25) is 0 Å². The van der Waals surface area contributed by atoms with Crippen LogP contribution in [0.25, 0.3) is 65.8 Å². The van der Waals surface area contributed by atoms with Gasteiger partial charge in [0.2, 0.25) is 0 Å². The highest BCUT2D eigenvalue weighted by molar-refractivity contribution is 6.19. The Morgan fingerprint density at radius 2 is 1.09 bits per heavy atom. The minimum atomic E-state index is -0.0355. The fraction of sp³-hybridized carbons (Fsp3) is 0.0588. The molecule has 0 fully saturated rings. The van der Waals surface area contributed by atoms with E-state index in [2.05, 4.69) is 180 Å². The molecule has 0 bridgehead atoms. The number of aromatic nitrogens is 1. The van der Waals surface area contributed by atoms with Gasteiger partial charge in [0.1, 0.15) is 5.84 Å². The molecule has 0 amide bonds. The monoisotopic (exact) mass is 691 g/mol. The molecule has 0 saturated carbocycles. The summed E-state index contributed by atoms with van der Waals surface area (Å²) in [5.74, 6) is 0.937. The van der Waals surface area contributed by atoms with E-state index < -0.39 is 0 Å². The van der Waals surface area contributed by atoms with Gasteiger partial charge in [0.05, 0.1) is 11.7 Å². The first-order valence-corrected chi connectivity index (χ1v) is 18.7. The number of hydrogen-bond donors (Lipinski definition) is 1. The number of allylic oxidation sites excluding steroid dienone is 3. The minimum absolute atomic E-state index is 0.0355. The number of aliphatic imine (C=N–C) groups is 1. The van der Waals surface area contributed by atoms with Crippen LogP contribution < -0.4 is 5.32 Å². The van der Waals surface area contributed by atoms with Gasteiger partial charge in [0.15, 0.2) is 0 Å². The van der Waals surface area contributed by atoms with Crippen LogP contribution >= 0.6 is 0 Å². The van der Waals surface area contributed by atoms with Gasteiger partial charge in [-0.15, -0.1) is 0 Å². The Balaban J connectivity index is 1.06. The molecular weight excluding hydrogens is 655 g/mol. The van der Waals surface area contributed by atoms with E-state index in [-0.39, 0.29) is 6.04 Å². The van der Waals surface area contributed by atoms with Gasteiger partial charge in [-0.2, -0.15) is 0 Å². The highest BCUT2D eigenvalue weighted by atomic mass is 15.0. The van der Waals surface area contributed by atoms with Crippen molar-refractivity contribution >= 4 is 49.4 Å². The lowest BCUT2D eigenvalue weighted by atomic mass is 9.83. The zero-order valence-electron chi connectivity index (χ0n) is 29.8. The van der Waals surface area contributed by atoms with Gasteiger partial charge in [-0.3, -0.25) is 4.98 Å². The van der Waals surface area contributed by atoms with Gasteiger partial charge in [-0.05, 0) is 108 Å². The quantitative estimate of drug-likeness (QED) is 0.176. The largest absolute Gasteiger partial charge is 0.359 e. The van der Waals surface area contributed by atoms with Crippen LogP contribution in [0.3, 0.4) is 0 Å². The Bertz CT molecular complexity index is 2770. The fourth-order valence-corrected chi connectivity index (χ4v) is 8.24. The lowest BCUT2D eigenvalue weighted by Crippen LogP contribution is -2.32. The van der Waals surface area contributed by atoms with E-state index in [1.807, 2.05) is 18.5 Å². The van der Waals surface area contributed by atoms with Crippen LogP contribution in [-0.2, 0) is 0 Å². The van der Waals surface area contributed by atoms with Gasteiger partial charge >= 0.3 is 0 Å². The van der Waals surface area contributed by atoms with E-state index in [0.717, 1.165) is 41.1 Å². The topological polar surface area (TPSA) is 37.3 Å². The van der Waals surface area contributed by atoms with Crippen molar-refractivity contribution in [2.75, 3.05) is 0 Å². The summed E-state index contributed by atoms with van der Waals surface area (Å²) in [4.78, 5) is 9.65. The van der Waals surface area contributed by atoms with Crippen molar-refractivity contribution < 1.29 is 0 Å². The number of amidine groups is 1. The molecule has 1 unspecified atom stereocenters. The highest BCUT2D eigenvalue weighted by Crippen LogP contribution is 2.44. The molecule has 3 heteroatoms.